The number of halogens is 4. The van der Waals surface area contributed by atoms with Crippen LogP contribution in [0.25, 0.3) is 11.1 Å². The first-order valence-corrected chi connectivity index (χ1v) is 10.9. The summed E-state index contributed by atoms with van der Waals surface area (Å²) in [7, 11) is 0. The van der Waals surface area contributed by atoms with Crippen molar-refractivity contribution >= 4 is 11.8 Å². The van der Waals surface area contributed by atoms with Crippen molar-refractivity contribution in [1.29, 1.82) is 5.26 Å². The molecule has 3 aromatic rings. The van der Waals surface area contributed by atoms with Crippen molar-refractivity contribution in [1.82, 2.24) is 0 Å². The van der Waals surface area contributed by atoms with Gasteiger partial charge in [-0.1, -0.05) is 68.0 Å². The fourth-order valence-corrected chi connectivity index (χ4v) is 3.63. The van der Waals surface area contributed by atoms with Gasteiger partial charge in [0.1, 0.15) is 11.0 Å². The molecule has 0 bridgehead atoms. The lowest BCUT2D eigenvalue weighted by molar-refractivity contribution is 0.423. The summed E-state index contributed by atoms with van der Waals surface area (Å²) < 4.78 is 56.2. The normalized spacial score (nSPS) is 10.4. The fourth-order valence-electron chi connectivity index (χ4n) is 3.18. The Morgan fingerprint density at radius 2 is 1.31 bits per heavy atom. The van der Waals surface area contributed by atoms with Gasteiger partial charge in [-0.15, -0.1) is 0 Å². The summed E-state index contributed by atoms with van der Waals surface area (Å²) in [4.78, 5) is -1.02. The minimum Gasteiger partial charge on any atom is -0.202 e. The maximum atomic E-state index is 14.1. The van der Waals surface area contributed by atoms with Crippen LogP contribution in [0.3, 0.4) is 0 Å². The van der Waals surface area contributed by atoms with Crippen LogP contribution in [-0.2, 0) is 6.42 Å². The van der Waals surface area contributed by atoms with Gasteiger partial charge in [-0.2, -0.15) is 5.26 Å². The summed E-state index contributed by atoms with van der Waals surface area (Å²) in [6, 6.07) is 15.2. The lowest BCUT2D eigenvalue weighted by Gasteiger charge is -2.06. The van der Waals surface area contributed by atoms with Crippen LogP contribution in [-0.4, -0.2) is 0 Å². The van der Waals surface area contributed by atoms with Crippen molar-refractivity contribution in [3.63, 3.8) is 0 Å². The molecule has 0 aliphatic rings. The zero-order valence-corrected chi connectivity index (χ0v) is 18.1. The molecule has 0 saturated heterocycles. The van der Waals surface area contributed by atoms with Crippen LogP contribution in [0.5, 0.6) is 0 Å². The SMILES string of the molecule is CCCCCc1ccc(-c2ccc(C#Cc3c(F)c(F)c(SC#N)c(F)c3F)cc2)cc1. The smallest absolute Gasteiger partial charge is 0.178 e. The molecule has 0 aliphatic carbocycles. The summed E-state index contributed by atoms with van der Waals surface area (Å²) in [5.41, 5.74) is 2.68. The largest absolute Gasteiger partial charge is 0.202 e. The van der Waals surface area contributed by atoms with Gasteiger partial charge in [0.05, 0.1) is 4.90 Å². The summed E-state index contributed by atoms with van der Waals surface area (Å²) in [5, 5.41) is 9.94. The van der Waals surface area contributed by atoms with Gasteiger partial charge in [-0.05, 0) is 53.4 Å². The molecule has 0 atom stereocenters. The predicted molar refractivity (Wildman–Crippen MR) is 119 cm³/mol. The van der Waals surface area contributed by atoms with Gasteiger partial charge < -0.3 is 0 Å². The van der Waals surface area contributed by atoms with E-state index in [0.29, 0.717) is 5.56 Å². The summed E-state index contributed by atoms with van der Waals surface area (Å²) >= 11 is 0.0124. The first kappa shape index (κ1) is 23.4. The highest BCUT2D eigenvalue weighted by Gasteiger charge is 2.25. The van der Waals surface area contributed by atoms with Gasteiger partial charge in [-0.3, -0.25) is 0 Å². The molecule has 0 saturated carbocycles. The lowest BCUT2D eigenvalue weighted by atomic mass is 10.0. The number of thiocyanates is 1. The van der Waals surface area contributed by atoms with Gasteiger partial charge in [0, 0.05) is 5.56 Å². The molecule has 0 N–H and O–H groups in total. The third kappa shape index (κ3) is 5.33. The number of unbranched alkanes of at least 4 members (excludes halogenated alkanes) is 2. The van der Waals surface area contributed by atoms with Crippen molar-refractivity contribution in [3.05, 3.63) is 88.5 Å². The number of aryl methyl sites for hydroxylation is 1. The van der Waals surface area contributed by atoms with E-state index in [1.807, 2.05) is 24.3 Å². The van der Waals surface area contributed by atoms with Gasteiger partial charge in [0.25, 0.3) is 0 Å². The number of hydrogen-bond donors (Lipinski definition) is 0. The molecule has 0 aromatic heterocycles. The Labute approximate surface area is 189 Å². The number of thioether (sulfide) groups is 1. The van der Waals surface area contributed by atoms with Crippen LogP contribution in [0, 0.1) is 45.8 Å². The Balaban J connectivity index is 1.80. The molecule has 162 valence electrons. The monoisotopic (exact) mass is 453 g/mol. The molecule has 3 rings (SSSR count). The molecule has 0 spiro atoms. The Hall–Kier alpha value is -3.22. The highest BCUT2D eigenvalue weighted by molar-refractivity contribution is 8.03. The lowest BCUT2D eigenvalue weighted by Crippen LogP contribution is -2.02. The Morgan fingerprint density at radius 3 is 1.84 bits per heavy atom. The molecule has 0 heterocycles. The minimum atomic E-state index is -1.63. The van der Waals surface area contributed by atoms with Gasteiger partial charge in [0.15, 0.2) is 23.3 Å². The molecular weight excluding hydrogens is 434 g/mol. The number of hydrogen-bond acceptors (Lipinski definition) is 2. The Kier molecular flexibility index (Phi) is 7.98. The van der Waals surface area contributed by atoms with Crippen molar-refractivity contribution in [2.45, 2.75) is 37.5 Å². The molecule has 6 heteroatoms. The first-order chi connectivity index (χ1) is 15.5. The summed E-state index contributed by atoms with van der Waals surface area (Å²) in [6.45, 7) is 2.17. The zero-order valence-electron chi connectivity index (χ0n) is 17.3. The summed E-state index contributed by atoms with van der Waals surface area (Å²) in [5.74, 6) is -1.81. The van der Waals surface area contributed by atoms with Crippen LogP contribution in [0.1, 0.15) is 42.9 Å². The maximum absolute atomic E-state index is 14.1. The van der Waals surface area contributed by atoms with E-state index in [1.54, 1.807) is 12.1 Å². The topological polar surface area (TPSA) is 23.8 Å². The molecule has 32 heavy (non-hydrogen) atoms. The van der Waals surface area contributed by atoms with Gasteiger partial charge in [-0.25, -0.2) is 17.6 Å². The molecule has 3 aromatic carbocycles. The van der Waals surface area contributed by atoms with Gasteiger partial charge >= 0.3 is 0 Å². The van der Waals surface area contributed by atoms with Crippen LogP contribution in [0.15, 0.2) is 53.4 Å². The van der Waals surface area contributed by atoms with Crippen molar-refractivity contribution < 1.29 is 17.6 Å². The van der Waals surface area contributed by atoms with Crippen LogP contribution < -0.4 is 0 Å². The number of benzene rings is 3. The van der Waals surface area contributed by atoms with Crippen molar-refractivity contribution in [2.24, 2.45) is 0 Å². The average molecular weight is 454 g/mol. The van der Waals surface area contributed by atoms with E-state index < -0.39 is 33.7 Å². The molecule has 0 fully saturated rings. The molecule has 0 radical (unpaired) electrons. The van der Waals surface area contributed by atoms with E-state index in [2.05, 4.69) is 30.9 Å². The highest BCUT2D eigenvalue weighted by Crippen LogP contribution is 2.30. The minimum absolute atomic E-state index is 0.0124. The average Bonchev–Trinajstić information content (AvgIpc) is 2.82. The molecule has 0 aliphatic heterocycles. The van der Waals surface area contributed by atoms with E-state index >= 15 is 0 Å². The van der Waals surface area contributed by atoms with Crippen LogP contribution in [0.2, 0.25) is 0 Å². The molecule has 1 nitrogen and oxygen atoms in total. The van der Waals surface area contributed by atoms with E-state index in [4.69, 9.17) is 5.26 Å². The third-order valence-electron chi connectivity index (χ3n) is 4.94. The number of nitrogens with zero attached hydrogens (tertiary/aromatic N) is 1. The van der Waals surface area contributed by atoms with E-state index in [0.717, 1.165) is 24.0 Å². The highest BCUT2D eigenvalue weighted by atomic mass is 32.2. The zero-order chi connectivity index (χ0) is 23.1. The van der Waals surface area contributed by atoms with E-state index in [-0.39, 0.29) is 11.8 Å². The summed E-state index contributed by atoms with van der Waals surface area (Å²) in [6.07, 6.45) is 4.60. The quantitative estimate of drug-likeness (QED) is 0.0957. The second-order valence-electron chi connectivity index (χ2n) is 7.13. The van der Waals surface area contributed by atoms with Crippen LogP contribution >= 0.6 is 11.8 Å². The Bertz CT molecular complexity index is 1170. The van der Waals surface area contributed by atoms with Gasteiger partial charge in [0.2, 0.25) is 0 Å². The third-order valence-corrected chi connectivity index (χ3v) is 5.60. The Morgan fingerprint density at radius 1 is 0.750 bits per heavy atom. The fraction of sp³-hybridized carbons (Fsp3) is 0.192. The van der Waals surface area contributed by atoms with E-state index in [1.165, 1.54) is 23.8 Å². The molecular formula is C26H19F4NS. The number of rotatable bonds is 6. The van der Waals surface area contributed by atoms with E-state index in [9.17, 15) is 17.6 Å². The first-order valence-electron chi connectivity index (χ1n) is 10.1. The van der Waals surface area contributed by atoms with Crippen LogP contribution in [0.4, 0.5) is 17.6 Å². The predicted octanol–water partition coefficient (Wildman–Crippen LogP) is 7.62. The standard InChI is InChI=1S/C26H19F4NS/c1-2-3-4-5-17-6-11-19(12-7-17)20-13-8-18(9-14-20)10-15-21-22(27)24(29)26(32-16-31)25(30)23(21)28/h6-9,11-14H,2-5H2,1H3. The van der Waals surface area contributed by atoms with Crippen molar-refractivity contribution in [3.8, 4) is 28.4 Å². The molecule has 0 unspecified atom stereocenters. The second-order valence-corrected chi connectivity index (χ2v) is 7.93. The van der Waals surface area contributed by atoms with Crippen molar-refractivity contribution in [2.75, 3.05) is 0 Å². The maximum Gasteiger partial charge on any atom is 0.178 e. The molecule has 0 amide bonds. The second kappa shape index (κ2) is 10.9. The number of nitriles is 1.